The highest BCUT2D eigenvalue weighted by Gasteiger charge is 2.25. The van der Waals surface area contributed by atoms with Gasteiger partial charge in [0.05, 0.1) is 5.60 Å². The summed E-state index contributed by atoms with van der Waals surface area (Å²) in [4.78, 5) is 12.8. The SMILES string of the molecule is CCC(O)(CC)CNC(=O)c1sc(C)cc1OC(F)F. The Kier molecular flexibility index (Phi) is 5.88. The predicted octanol–water partition coefficient (Wildman–Crippen LogP) is 2.94. The van der Waals surface area contributed by atoms with E-state index in [1.807, 2.05) is 13.8 Å². The number of hydrogen-bond donors (Lipinski definition) is 2. The molecule has 0 unspecified atom stereocenters. The number of carbonyl (C=O) groups excluding carboxylic acids is 1. The molecule has 1 rings (SSSR count). The van der Waals surface area contributed by atoms with E-state index in [0.29, 0.717) is 17.7 Å². The zero-order valence-corrected chi connectivity index (χ0v) is 12.5. The Morgan fingerprint density at radius 2 is 2.10 bits per heavy atom. The molecule has 0 aromatic carbocycles. The quantitative estimate of drug-likeness (QED) is 0.814. The van der Waals surface area contributed by atoms with E-state index >= 15 is 0 Å². The Balaban J connectivity index is 2.77. The molecular formula is C13H19F2NO3S. The molecule has 0 saturated carbocycles. The van der Waals surface area contributed by atoms with E-state index in [2.05, 4.69) is 10.1 Å². The lowest BCUT2D eigenvalue weighted by Crippen LogP contribution is -2.41. The van der Waals surface area contributed by atoms with Crippen LogP contribution in [-0.4, -0.2) is 29.8 Å². The molecule has 0 aliphatic heterocycles. The van der Waals surface area contributed by atoms with Crippen LogP contribution in [0.25, 0.3) is 0 Å². The van der Waals surface area contributed by atoms with Crippen LogP contribution in [0.2, 0.25) is 0 Å². The number of rotatable bonds is 7. The average molecular weight is 307 g/mol. The number of thiophene rings is 1. The fourth-order valence-corrected chi connectivity index (χ4v) is 2.52. The Labute approximate surface area is 120 Å². The van der Waals surface area contributed by atoms with Gasteiger partial charge in [-0.15, -0.1) is 11.3 Å². The van der Waals surface area contributed by atoms with E-state index in [9.17, 15) is 18.7 Å². The van der Waals surface area contributed by atoms with Gasteiger partial charge in [-0.05, 0) is 25.8 Å². The van der Waals surface area contributed by atoms with E-state index in [0.717, 1.165) is 11.3 Å². The van der Waals surface area contributed by atoms with Crippen LogP contribution in [0.5, 0.6) is 5.75 Å². The molecule has 1 heterocycles. The minimum atomic E-state index is -2.97. The predicted molar refractivity (Wildman–Crippen MR) is 73.6 cm³/mol. The smallest absolute Gasteiger partial charge is 0.387 e. The second-order valence-corrected chi connectivity index (χ2v) is 5.80. The summed E-state index contributed by atoms with van der Waals surface area (Å²) >= 11 is 1.08. The first kappa shape index (κ1) is 16.8. The summed E-state index contributed by atoms with van der Waals surface area (Å²) in [5.41, 5.74) is -0.980. The van der Waals surface area contributed by atoms with Gasteiger partial charge in [-0.25, -0.2) is 0 Å². The monoisotopic (exact) mass is 307 g/mol. The van der Waals surface area contributed by atoms with Crippen LogP contribution in [-0.2, 0) is 0 Å². The number of halogens is 2. The van der Waals surface area contributed by atoms with Gasteiger partial charge in [0.25, 0.3) is 5.91 Å². The van der Waals surface area contributed by atoms with Crippen molar-refractivity contribution in [1.29, 1.82) is 0 Å². The van der Waals surface area contributed by atoms with E-state index in [1.54, 1.807) is 6.92 Å². The maximum atomic E-state index is 12.3. The third-order valence-corrected chi connectivity index (χ3v) is 4.17. The number of amides is 1. The van der Waals surface area contributed by atoms with E-state index in [4.69, 9.17) is 0 Å². The van der Waals surface area contributed by atoms with Crippen molar-refractivity contribution in [3.63, 3.8) is 0 Å². The first-order valence-electron chi connectivity index (χ1n) is 6.37. The molecule has 1 amide bonds. The molecule has 2 N–H and O–H groups in total. The molecule has 0 bridgehead atoms. The van der Waals surface area contributed by atoms with Crippen LogP contribution in [0, 0.1) is 6.92 Å². The van der Waals surface area contributed by atoms with Crippen molar-refractivity contribution in [2.45, 2.75) is 45.8 Å². The van der Waals surface area contributed by atoms with Crippen LogP contribution < -0.4 is 10.1 Å². The largest absolute Gasteiger partial charge is 0.433 e. The van der Waals surface area contributed by atoms with Crippen molar-refractivity contribution in [2.24, 2.45) is 0 Å². The van der Waals surface area contributed by atoms with Crippen molar-refractivity contribution >= 4 is 17.2 Å². The van der Waals surface area contributed by atoms with E-state index in [-0.39, 0.29) is 17.2 Å². The first-order valence-corrected chi connectivity index (χ1v) is 7.18. The summed E-state index contributed by atoms with van der Waals surface area (Å²) in [5, 5.41) is 12.6. The molecule has 0 radical (unpaired) electrons. The normalized spacial score (nSPS) is 11.8. The van der Waals surface area contributed by atoms with Crippen molar-refractivity contribution in [3.05, 3.63) is 15.8 Å². The number of ether oxygens (including phenoxy) is 1. The van der Waals surface area contributed by atoms with Gasteiger partial charge in [0.1, 0.15) is 10.6 Å². The van der Waals surface area contributed by atoms with Gasteiger partial charge in [-0.2, -0.15) is 8.78 Å². The summed E-state index contributed by atoms with van der Waals surface area (Å²) in [7, 11) is 0. The fourth-order valence-electron chi connectivity index (χ4n) is 1.66. The Hall–Kier alpha value is -1.21. The number of hydrogen-bond acceptors (Lipinski definition) is 4. The van der Waals surface area contributed by atoms with Crippen LogP contribution in [0.1, 0.15) is 41.2 Å². The summed E-state index contributed by atoms with van der Waals surface area (Å²) in [6.45, 7) is 2.43. The zero-order chi connectivity index (χ0) is 15.3. The molecule has 1 aromatic rings. The Morgan fingerprint density at radius 1 is 1.50 bits per heavy atom. The number of nitrogens with one attached hydrogen (secondary N) is 1. The molecule has 4 nitrogen and oxygen atoms in total. The number of aryl methyl sites for hydroxylation is 1. The first-order chi connectivity index (χ1) is 9.31. The van der Waals surface area contributed by atoms with Gasteiger partial charge in [0.2, 0.25) is 0 Å². The second-order valence-electron chi connectivity index (χ2n) is 4.54. The summed E-state index contributed by atoms with van der Waals surface area (Å²) in [6.07, 6.45) is 0.987. The average Bonchev–Trinajstić information content (AvgIpc) is 2.75. The van der Waals surface area contributed by atoms with E-state index < -0.39 is 18.1 Å². The zero-order valence-electron chi connectivity index (χ0n) is 11.7. The standard InChI is InChI=1S/C13H19F2NO3S/c1-4-13(18,5-2)7-16-11(17)10-9(19-12(14)15)6-8(3)20-10/h6,12,18H,4-5,7H2,1-3H3,(H,16,17). The van der Waals surface area contributed by atoms with Crippen molar-refractivity contribution < 1.29 is 23.4 Å². The minimum Gasteiger partial charge on any atom is -0.433 e. The van der Waals surface area contributed by atoms with E-state index in [1.165, 1.54) is 6.07 Å². The Morgan fingerprint density at radius 3 is 2.60 bits per heavy atom. The van der Waals surface area contributed by atoms with Crippen molar-refractivity contribution in [3.8, 4) is 5.75 Å². The highest BCUT2D eigenvalue weighted by molar-refractivity contribution is 7.14. The summed E-state index contributed by atoms with van der Waals surface area (Å²) < 4.78 is 28.9. The number of alkyl halides is 2. The van der Waals surface area contributed by atoms with Gasteiger partial charge in [-0.1, -0.05) is 13.8 Å². The van der Waals surface area contributed by atoms with Crippen LogP contribution in [0.3, 0.4) is 0 Å². The third kappa shape index (κ3) is 4.42. The molecule has 114 valence electrons. The van der Waals surface area contributed by atoms with Gasteiger partial charge in [0.15, 0.2) is 0 Å². The second kappa shape index (κ2) is 6.99. The lowest BCUT2D eigenvalue weighted by Gasteiger charge is -2.25. The van der Waals surface area contributed by atoms with Gasteiger partial charge in [-0.3, -0.25) is 4.79 Å². The maximum Gasteiger partial charge on any atom is 0.387 e. The highest BCUT2D eigenvalue weighted by atomic mass is 32.1. The molecule has 0 aliphatic carbocycles. The summed E-state index contributed by atoms with van der Waals surface area (Å²) in [5.74, 6) is -0.643. The van der Waals surface area contributed by atoms with Gasteiger partial charge in [0, 0.05) is 11.4 Å². The lowest BCUT2D eigenvalue weighted by molar-refractivity contribution is -0.0498. The Bertz CT molecular complexity index is 458. The molecular weight excluding hydrogens is 288 g/mol. The highest BCUT2D eigenvalue weighted by Crippen LogP contribution is 2.30. The fraction of sp³-hybridized carbons (Fsp3) is 0.615. The molecule has 0 fully saturated rings. The van der Waals surface area contributed by atoms with Crippen molar-refractivity contribution in [1.82, 2.24) is 5.32 Å². The summed E-state index contributed by atoms with van der Waals surface area (Å²) in [6, 6.07) is 1.40. The molecule has 0 aliphatic rings. The molecule has 20 heavy (non-hydrogen) atoms. The number of carbonyl (C=O) groups is 1. The molecule has 7 heteroatoms. The lowest BCUT2D eigenvalue weighted by atomic mass is 9.98. The van der Waals surface area contributed by atoms with Crippen LogP contribution in [0.4, 0.5) is 8.78 Å². The van der Waals surface area contributed by atoms with Crippen molar-refractivity contribution in [2.75, 3.05) is 6.54 Å². The molecule has 1 aromatic heterocycles. The molecule has 0 saturated heterocycles. The number of aliphatic hydroxyl groups is 1. The molecule has 0 spiro atoms. The van der Waals surface area contributed by atoms with Crippen LogP contribution in [0.15, 0.2) is 6.07 Å². The van der Waals surface area contributed by atoms with Gasteiger partial charge >= 0.3 is 6.61 Å². The maximum absolute atomic E-state index is 12.3. The third-order valence-electron chi connectivity index (χ3n) is 3.14. The topological polar surface area (TPSA) is 58.6 Å². The van der Waals surface area contributed by atoms with Crippen LogP contribution >= 0.6 is 11.3 Å². The molecule has 0 atom stereocenters. The van der Waals surface area contributed by atoms with Gasteiger partial charge < -0.3 is 15.2 Å². The minimum absolute atomic E-state index is 0.0733.